The summed E-state index contributed by atoms with van der Waals surface area (Å²) in [5.41, 5.74) is 0. The summed E-state index contributed by atoms with van der Waals surface area (Å²) in [5, 5.41) is 9.74. The van der Waals surface area contributed by atoms with E-state index in [9.17, 15) is 18.3 Å². The van der Waals surface area contributed by atoms with Crippen LogP contribution in [0, 0.1) is 0 Å². The first-order valence-electron chi connectivity index (χ1n) is 8.81. The minimum atomic E-state index is -3.65. The number of benzene rings is 1. The van der Waals surface area contributed by atoms with Gasteiger partial charge in [0.1, 0.15) is 4.90 Å². The summed E-state index contributed by atoms with van der Waals surface area (Å²) >= 11 is 6.03. The summed E-state index contributed by atoms with van der Waals surface area (Å²) < 4.78 is 26.9. The SMILES string of the molecule is O=C(CN1CCC(O)CC1)N1CCN(S(=O)(=O)c2ccccc2Cl)CC1. The van der Waals surface area contributed by atoms with E-state index >= 15 is 0 Å². The fourth-order valence-corrected chi connectivity index (χ4v) is 5.26. The Labute approximate surface area is 159 Å². The van der Waals surface area contributed by atoms with Gasteiger partial charge in [-0.2, -0.15) is 4.31 Å². The molecule has 0 atom stereocenters. The highest BCUT2D eigenvalue weighted by atomic mass is 35.5. The Kier molecular flexibility index (Phi) is 6.19. The Morgan fingerprint density at radius 2 is 1.69 bits per heavy atom. The minimum Gasteiger partial charge on any atom is -0.393 e. The highest BCUT2D eigenvalue weighted by Crippen LogP contribution is 2.25. The molecule has 9 heteroatoms. The third-order valence-electron chi connectivity index (χ3n) is 4.96. The third-order valence-corrected chi connectivity index (χ3v) is 7.36. The molecular formula is C17H24ClN3O4S. The Hall–Kier alpha value is -1.19. The zero-order valence-corrected chi connectivity index (χ0v) is 16.1. The van der Waals surface area contributed by atoms with E-state index in [4.69, 9.17) is 11.6 Å². The maximum absolute atomic E-state index is 12.7. The molecule has 2 aliphatic heterocycles. The van der Waals surface area contributed by atoms with Crippen molar-refractivity contribution in [2.75, 3.05) is 45.8 Å². The number of piperazine rings is 1. The predicted molar refractivity (Wildman–Crippen MR) is 98.5 cm³/mol. The molecule has 0 saturated carbocycles. The summed E-state index contributed by atoms with van der Waals surface area (Å²) in [7, 11) is -3.65. The summed E-state index contributed by atoms with van der Waals surface area (Å²) in [6.07, 6.45) is 1.12. The van der Waals surface area contributed by atoms with Gasteiger partial charge in [0.15, 0.2) is 0 Å². The van der Waals surface area contributed by atoms with Crippen LogP contribution in [-0.2, 0) is 14.8 Å². The molecule has 2 saturated heterocycles. The van der Waals surface area contributed by atoms with E-state index in [1.54, 1.807) is 23.1 Å². The molecule has 0 bridgehead atoms. The average molecular weight is 402 g/mol. The lowest BCUT2D eigenvalue weighted by molar-refractivity contribution is -0.134. The van der Waals surface area contributed by atoms with Crippen molar-refractivity contribution < 1.29 is 18.3 Å². The fraction of sp³-hybridized carbons (Fsp3) is 0.588. The van der Waals surface area contributed by atoms with Crippen LogP contribution in [0.25, 0.3) is 0 Å². The van der Waals surface area contributed by atoms with Crippen LogP contribution < -0.4 is 0 Å². The van der Waals surface area contributed by atoms with E-state index < -0.39 is 10.0 Å². The van der Waals surface area contributed by atoms with E-state index in [1.807, 2.05) is 4.90 Å². The maximum Gasteiger partial charge on any atom is 0.244 e. The number of nitrogens with zero attached hydrogens (tertiary/aromatic N) is 3. The highest BCUT2D eigenvalue weighted by Gasteiger charge is 2.32. The van der Waals surface area contributed by atoms with Crippen LogP contribution in [0.3, 0.4) is 0 Å². The van der Waals surface area contributed by atoms with Gasteiger partial charge in [0.2, 0.25) is 15.9 Å². The molecule has 1 aromatic carbocycles. The molecule has 144 valence electrons. The van der Waals surface area contributed by atoms with E-state index in [0.29, 0.717) is 45.6 Å². The van der Waals surface area contributed by atoms with Crippen molar-refractivity contribution in [3.05, 3.63) is 29.3 Å². The molecule has 1 N–H and O–H groups in total. The second-order valence-electron chi connectivity index (χ2n) is 6.72. The molecule has 26 heavy (non-hydrogen) atoms. The minimum absolute atomic E-state index is 0.0104. The number of hydrogen-bond donors (Lipinski definition) is 1. The molecular weight excluding hydrogens is 378 g/mol. The number of likely N-dealkylation sites (tertiary alicyclic amines) is 1. The van der Waals surface area contributed by atoms with Crippen LogP contribution in [0.2, 0.25) is 5.02 Å². The van der Waals surface area contributed by atoms with Crippen LogP contribution in [0.15, 0.2) is 29.2 Å². The van der Waals surface area contributed by atoms with Gasteiger partial charge < -0.3 is 10.0 Å². The third kappa shape index (κ3) is 4.37. The number of piperidine rings is 1. The van der Waals surface area contributed by atoms with Gasteiger partial charge in [0, 0.05) is 39.3 Å². The lowest BCUT2D eigenvalue weighted by Gasteiger charge is -2.36. The van der Waals surface area contributed by atoms with Crippen LogP contribution in [0.5, 0.6) is 0 Å². The average Bonchev–Trinajstić information content (AvgIpc) is 2.64. The molecule has 0 radical (unpaired) electrons. The van der Waals surface area contributed by atoms with Gasteiger partial charge in [-0.25, -0.2) is 8.42 Å². The molecule has 2 fully saturated rings. The van der Waals surface area contributed by atoms with Gasteiger partial charge in [0.05, 0.1) is 17.7 Å². The van der Waals surface area contributed by atoms with Crippen LogP contribution in [0.4, 0.5) is 0 Å². The molecule has 0 unspecified atom stereocenters. The smallest absolute Gasteiger partial charge is 0.244 e. The monoisotopic (exact) mass is 401 g/mol. The fourth-order valence-electron chi connectivity index (χ4n) is 3.34. The van der Waals surface area contributed by atoms with Crippen molar-refractivity contribution in [3.8, 4) is 0 Å². The summed E-state index contributed by atoms with van der Waals surface area (Å²) in [6.45, 7) is 3.03. The Morgan fingerprint density at radius 1 is 1.08 bits per heavy atom. The molecule has 2 aliphatic rings. The number of aliphatic hydroxyl groups is 1. The number of carbonyl (C=O) groups excluding carboxylic acids is 1. The van der Waals surface area contributed by atoms with Gasteiger partial charge in [-0.15, -0.1) is 0 Å². The molecule has 7 nitrogen and oxygen atoms in total. The maximum atomic E-state index is 12.7. The molecule has 1 aromatic rings. The highest BCUT2D eigenvalue weighted by molar-refractivity contribution is 7.89. The molecule has 0 spiro atoms. The largest absolute Gasteiger partial charge is 0.393 e. The Balaban J connectivity index is 1.55. The van der Waals surface area contributed by atoms with Crippen LogP contribution in [0.1, 0.15) is 12.8 Å². The van der Waals surface area contributed by atoms with Crippen LogP contribution in [-0.4, -0.2) is 85.5 Å². The van der Waals surface area contributed by atoms with E-state index in [1.165, 1.54) is 10.4 Å². The lowest BCUT2D eigenvalue weighted by atomic mass is 10.1. The zero-order valence-electron chi connectivity index (χ0n) is 14.6. The van der Waals surface area contributed by atoms with Gasteiger partial charge in [-0.05, 0) is 25.0 Å². The van der Waals surface area contributed by atoms with Crippen LogP contribution >= 0.6 is 11.6 Å². The number of rotatable bonds is 4. The second kappa shape index (κ2) is 8.22. The number of sulfonamides is 1. The Bertz CT molecular complexity index is 742. The van der Waals surface area contributed by atoms with Crippen molar-refractivity contribution in [3.63, 3.8) is 0 Å². The first-order chi connectivity index (χ1) is 12.4. The van der Waals surface area contributed by atoms with E-state index in [2.05, 4.69) is 0 Å². The van der Waals surface area contributed by atoms with Gasteiger partial charge >= 0.3 is 0 Å². The van der Waals surface area contributed by atoms with Crippen molar-refractivity contribution in [2.24, 2.45) is 0 Å². The molecule has 0 aromatic heterocycles. The second-order valence-corrected chi connectivity index (χ2v) is 9.04. The molecule has 2 heterocycles. The number of amides is 1. The predicted octanol–water partition coefficient (Wildman–Crippen LogP) is 0.630. The Morgan fingerprint density at radius 3 is 2.31 bits per heavy atom. The number of hydrogen-bond acceptors (Lipinski definition) is 5. The number of aliphatic hydroxyl groups excluding tert-OH is 1. The molecule has 3 rings (SSSR count). The first kappa shape index (κ1) is 19.6. The zero-order chi connectivity index (χ0) is 18.7. The first-order valence-corrected chi connectivity index (χ1v) is 10.6. The van der Waals surface area contributed by atoms with E-state index in [0.717, 1.165) is 0 Å². The lowest BCUT2D eigenvalue weighted by Crippen LogP contribution is -2.53. The normalized spacial score (nSPS) is 21.1. The molecule has 0 aliphatic carbocycles. The van der Waals surface area contributed by atoms with Crippen molar-refractivity contribution >= 4 is 27.5 Å². The topological polar surface area (TPSA) is 81.2 Å². The number of carbonyl (C=O) groups is 1. The van der Waals surface area contributed by atoms with Crippen molar-refractivity contribution in [1.82, 2.24) is 14.1 Å². The summed E-state index contributed by atoms with van der Waals surface area (Å²) in [6, 6.07) is 6.40. The van der Waals surface area contributed by atoms with Crippen molar-refractivity contribution in [1.29, 1.82) is 0 Å². The van der Waals surface area contributed by atoms with Gasteiger partial charge in [-0.3, -0.25) is 9.69 Å². The standard InChI is InChI=1S/C17H24ClN3O4S/c18-15-3-1-2-4-16(15)26(24,25)21-11-9-20(10-12-21)17(23)13-19-7-5-14(22)6-8-19/h1-4,14,22H,5-13H2. The van der Waals surface area contributed by atoms with Gasteiger partial charge in [-0.1, -0.05) is 23.7 Å². The summed E-state index contributed by atoms with van der Waals surface area (Å²) in [5.74, 6) is 0.0104. The molecule has 1 amide bonds. The van der Waals surface area contributed by atoms with E-state index in [-0.39, 0.29) is 35.0 Å². The van der Waals surface area contributed by atoms with Gasteiger partial charge in [0.25, 0.3) is 0 Å². The van der Waals surface area contributed by atoms with Crippen molar-refractivity contribution in [2.45, 2.75) is 23.8 Å². The quantitative estimate of drug-likeness (QED) is 0.800. The summed E-state index contributed by atoms with van der Waals surface area (Å²) in [4.78, 5) is 16.3. The number of halogens is 1.